The van der Waals surface area contributed by atoms with Crippen LogP contribution in [0.1, 0.15) is 64.7 Å². The fourth-order valence-corrected chi connectivity index (χ4v) is 3.89. The Morgan fingerprint density at radius 2 is 1.39 bits per heavy atom. The van der Waals surface area contributed by atoms with Crippen LogP contribution >= 0.6 is 0 Å². The van der Waals surface area contributed by atoms with Gasteiger partial charge in [0.2, 0.25) is 0 Å². The lowest BCUT2D eigenvalue weighted by Crippen LogP contribution is -2.62. The highest BCUT2D eigenvalue weighted by atomic mass is 16.5. The van der Waals surface area contributed by atoms with Crippen LogP contribution in [0.5, 0.6) is 0 Å². The van der Waals surface area contributed by atoms with Gasteiger partial charge in [0.1, 0.15) is 12.2 Å². The first-order valence-electron chi connectivity index (χ1n) is 13.3. The largest absolute Gasteiger partial charge is 0.466 e. The van der Waals surface area contributed by atoms with Crippen molar-refractivity contribution in [3.05, 3.63) is 60.8 Å². The molecule has 0 aliphatic carbocycles. The molecule has 204 valence electrons. The van der Waals surface area contributed by atoms with E-state index in [9.17, 15) is 25.2 Å². The van der Waals surface area contributed by atoms with Gasteiger partial charge in [0.25, 0.3) is 0 Å². The molecule has 2 unspecified atom stereocenters. The van der Waals surface area contributed by atoms with Gasteiger partial charge >= 0.3 is 5.97 Å². The van der Waals surface area contributed by atoms with Crippen molar-refractivity contribution in [2.24, 2.45) is 0 Å². The number of nitrogens with zero attached hydrogens (tertiary/aromatic N) is 1. The van der Waals surface area contributed by atoms with Gasteiger partial charge in [-0.3, -0.25) is 9.69 Å². The number of hydrogen-bond donors (Lipinski definition) is 4. The molecule has 1 aliphatic heterocycles. The van der Waals surface area contributed by atoms with Gasteiger partial charge in [0, 0.05) is 19.5 Å². The summed E-state index contributed by atoms with van der Waals surface area (Å²) in [6.45, 7) is 2.66. The smallest absolute Gasteiger partial charge is 0.305 e. The monoisotopic (exact) mass is 505 g/mol. The number of aliphatic hydroxyl groups is 4. The van der Waals surface area contributed by atoms with Gasteiger partial charge in [-0.1, -0.05) is 67.7 Å². The first-order chi connectivity index (χ1) is 17.5. The molecular weight excluding hydrogens is 458 g/mol. The van der Waals surface area contributed by atoms with Gasteiger partial charge in [-0.2, -0.15) is 0 Å². The zero-order valence-corrected chi connectivity index (χ0v) is 21.8. The van der Waals surface area contributed by atoms with Gasteiger partial charge in [0.15, 0.2) is 0 Å². The average Bonchev–Trinajstić information content (AvgIpc) is 2.87. The van der Waals surface area contributed by atoms with Crippen molar-refractivity contribution in [1.82, 2.24) is 4.90 Å². The number of unbranched alkanes of at least 4 members (excludes halogenated alkanes) is 1. The third kappa shape index (κ3) is 14.5. The fourth-order valence-electron chi connectivity index (χ4n) is 3.89. The molecule has 36 heavy (non-hydrogen) atoms. The lowest BCUT2D eigenvalue weighted by Gasteiger charge is -2.43. The summed E-state index contributed by atoms with van der Waals surface area (Å²) in [6, 6.07) is -0.637. The maximum absolute atomic E-state index is 11.9. The van der Waals surface area contributed by atoms with E-state index >= 15 is 0 Å². The molecule has 0 spiro atoms. The second kappa shape index (κ2) is 21.1. The van der Waals surface area contributed by atoms with Crippen molar-refractivity contribution in [2.75, 3.05) is 26.3 Å². The molecule has 0 aromatic rings. The molecule has 0 aromatic heterocycles. The molecule has 4 N–H and O–H groups in total. The van der Waals surface area contributed by atoms with Crippen molar-refractivity contribution in [3.8, 4) is 0 Å². The van der Waals surface area contributed by atoms with Crippen LogP contribution in [0.3, 0.4) is 0 Å². The summed E-state index contributed by atoms with van der Waals surface area (Å²) in [6.07, 6.45) is 25.4. The molecule has 1 aliphatic rings. The Labute approximate surface area is 217 Å². The SMILES string of the molecule is CC/C=C\C/C=C\C/C=C\C/C=C\C/C=C\CCCC(=O)OCCCN1C[C@@H](O)C(O)[C@H](O)C1CO. The molecule has 1 heterocycles. The van der Waals surface area contributed by atoms with Crippen LogP contribution in [-0.2, 0) is 9.53 Å². The molecule has 0 amide bonds. The van der Waals surface area contributed by atoms with Gasteiger partial charge in [-0.05, 0) is 51.4 Å². The van der Waals surface area contributed by atoms with Crippen molar-refractivity contribution in [2.45, 2.75) is 89.1 Å². The van der Waals surface area contributed by atoms with Crippen LogP contribution in [0.4, 0.5) is 0 Å². The van der Waals surface area contributed by atoms with Gasteiger partial charge in [-0.15, -0.1) is 0 Å². The van der Waals surface area contributed by atoms with E-state index in [1.807, 2.05) is 0 Å². The number of likely N-dealkylation sites (tertiary alicyclic amines) is 1. The van der Waals surface area contributed by atoms with Crippen LogP contribution < -0.4 is 0 Å². The number of hydrogen-bond acceptors (Lipinski definition) is 7. The first kappa shape index (κ1) is 32.0. The molecule has 7 heteroatoms. The molecular formula is C29H47NO6. The predicted molar refractivity (Wildman–Crippen MR) is 144 cm³/mol. The van der Waals surface area contributed by atoms with Crippen molar-refractivity contribution in [3.63, 3.8) is 0 Å². The summed E-state index contributed by atoms with van der Waals surface area (Å²) >= 11 is 0. The number of allylic oxidation sites excluding steroid dienone is 10. The normalized spacial score (nSPS) is 23.8. The van der Waals surface area contributed by atoms with E-state index in [0.717, 1.165) is 44.9 Å². The number of piperidine rings is 1. The Morgan fingerprint density at radius 3 is 1.94 bits per heavy atom. The molecule has 1 rings (SSSR count). The molecule has 0 saturated carbocycles. The zero-order chi connectivity index (χ0) is 26.4. The Kier molecular flexibility index (Phi) is 18.7. The molecule has 7 nitrogen and oxygen atoms in total. The summed E-state index contributed by atoms with van der Waals surface area (Å²) in [7, 11) is 0. The third-order valence-electron chi connectivity index (χ3n) is 5.98. The third-order valence-corrected chi connectivity index (χ3v) is 5.98. The fraction of sp³-hybridized carbons (Fsp3) is 0.621. The van der Waals surface area contributed by atoms with E-state index in [2.05, 4.69) is 67.7 Å². The number of esters is 1. The minimum absolute atomic E-state index is 0.157. The Hall–Kier alpha value is -2.03. The lowest BCUT2D eigenvalue weighted by atomic mass is 9.94. The van der Waals surface area contributed by atoms with E-state index in [1.54, 1.807) is 4.90 Å². The van der Waals surface area contributed by atoms with Crippen molar-refractivity contribution >= 4 is 5.97 Å². The standard InChI is InChI=1S/C29H47NO6/c1-2-3-4-5-6-7-8-9-10-11-12-13-14-15-16-17-18-20-27(33)36-22-19-21-30-23-26(32)29(35)28(34)25(30)24-31/h3-4,6-7,9-10,12-13,15-16,25-26,28-29,31-32,34-35H,2,5,8,11,14,17-24H2,1H3/b4-3-,7-6-,10-9-,13-12-,16-15-/t25?,26-,28-,29?/m1/s1. The van der Waals surface area contributed by atoms with Gasteiger partial charge < -0.3 is 25.2 Å². The quantitative estimate of drug-likeness (QED) is 0.128. The Balaban J connectivity index is 2.03. The van der Waals surface area contributed by atoms with E-state index in [0.29, 0.717) is 19.4 Å². The minimum Gasteiger partial charge on any atom is -0.466 e. The summed E-state index contributed by atoms with van der Waals surface area (Å²) in [5.41, 5.74) is 0. The number of carbonyl (C=O) groups is 1. The summed E-state index contributed by atoms with van der Waals surface area (Å²) in [5, 5.41) is 39.0. The minimum atomic E-state index is -1.26. The first-order valence-corrected chi connectivity index (χ1v) is 13.3. The second-order valence-electron chi connectivity index (χ2n) is 8.97. The van der Waals surface area contributed by atoms with Crippen LogP contribution in [0, 0.1) is 0 Å². The molecule has 0 aromatic carbocycles. The number of rotatable bonds is 18. The maximum atomic E-state index is 11.9. The average molecular weight is 506 g/mol. The number of aliphatic hydroxyl groups excluding tert-OH is 4. The summed E-state index contributed by atoms with van der Waals surface area (Å²) in [5.74, 6) is -0.241. The van der Waals surface area contributed by atoms with Crippen LogP contribution in [0.25, 0.3) is 0 Å². The Morgan fingerprint density at radius 1 is 0.833 bits per heavy atom. The van der Waals surface area contributed by atoms with Crippen LogP contribution in [0.2, 0.25) is 0 Å². The molecule has 1 fully saturated rings. The number of β-amino-alcohol motifs (C(OH)–C–C–N with tert-alkyl or cyclic N) is 1. The van der Waals surface area contributed by atoms with Gasteiger partial charge in [-0.25, -0.2) is 0 Å². The highest BCUT2D eigenvalue weighted by Gasteiger charge is 2.40. The number of carbonyl (C=O) groups excluding carboxylic acids is 1. The molecule has 4 atom stereocenters. The number of ether oxygens (including phenoxy) is 1. The van der Waals surface area contributed by atoms with Crippen LogP contribution in [0.15, 0.2) is 60.8 Å². The summed E-state index contributed by atoms with van der Waals surface area (Å²) in [4.78, 5) is 13.6. The zero-order valence-electron chi connectivity index (χ0n) is 21.8. The lowest BCUT2D eigenvalue weighted by molar-refractivity contribution is -0.149. The molecule has 1 saturated heterocycles. The van der Waals surface area contributed by atoms with E-state index in [4.69, 9.17) is 4.74 Å². The highest BCUT2D eigenvalue weighted by molar-refractivity contribution is 5.69. The van der Waals surface area contributed by atoms with Crippen molar-refractivity contribution in [1.29, 1.82) is 0 Å². The predicted octanol–water partition coefficient (Wildman–Crippen LogP) is 3.60. The Bertz CT molecular complexity index is 715. The van der Waals surface area contributed by atoms with E-state index in [-0.39, 0.29) is 25.7 Å². The topological polar surface area (TPSA) is 110 Å². The highest BCUT2D eigenvalue weighted by Crippen LogP contribution is 2.19. The molecule has 0 radical (unpaired) electrons. The maximum Gasteiger partial charge on any atom is 0.305 e. The molecule has 0 bridgehead atoms. The van der Waals surface area contributed by atoms with Crippen molar-refractivity contribution < 1.29 is 30.0 Å². The van der Waals surface area contributed by atoms with E-state index in [1.165, 1.54) is 0 Å². The van der Waals surface area contributed by atoms with Crippen LogP contribution in [-0.4, -0.2) is 82.0 Å². The second-order valence-corrected chi connectivity index (χ2v) is 8.97. The van der Waals surface area contributed by atoms with Gasteiger partial charge in [0.05, 0.1) is 25.4 Å². The summed E-state index contributed by atoms with van der Waals surface area (Å²) < 4.78 is 5.25. The van der Waals surface area contributed by atoms with E-state index < -0.39 is 24.4 Å².